The summed E-state index contributed by atoms with van der Waals surface area (Å²) in [5.41, 5.74) is 2.26. The Morgan fingerprint density at radius 2 is 1.67 bits per heavy atom. The normalized spacial score (nSPS) is 12.6. The topological polar surface area (TPSA) is 32.7 Å². The molecule has 3 heteroatoms. The van der Waals surface area contributed by atoms with Gasteiger partial charge in [-0.25, -0.2) is 0 Å². The van der Waals surface area contributed by atoms with Crippen molar-refractivity contribution >= 4 is 0 Å². The van der Waals surface area contributed by atoms with Crippen LogP contribution in [0.2, 0.25) is 0 Å². The number of benzene rings is 2. The molecule has 0 saturated carbocycles. The van der Waals surface area contributed by atoms with Gasteiger partial charge in [0, 0.05) is 13.1 Å². The fourth-order valence-electron chi connectivity index (χ4n) is 2.70. The first kappa shape index (κ1) is 18.5. The van der Waals surface area contributed by atoms with E-state index in [0.717, 1.165) is 37.4 Å². The van der Waals surface area contributed by atoms with Gasteiger partial charge in [0.05, 0.1) is 12.2 Å². The molecule has 0 spiro atoms. The van der Waals surface area contributed by atoms with Crippen LogP contribution in [0.1, 0.15) is 44.4 Å². The Balaban J connectivity index is 1.85. The van der Waals surface area contributed by atoms with E-state index < -0.39 is 6.10 Å². The van der Waals surface area contributed by atoms with Gasteiger partial charge in [-0.15, -0.1) is 0 Å². The van der Waals surface area contributed by atoms with E-state index in [1.165, 1.54) is 5.56 Å². The molecule has 0 fully saturated rings. The quantitative estimate of drug-likeness (QED) is 0.740. The molecule has 0 aliphatic rings. The van der Waals surface area contributed by atoms with Crippen LogP contribution in [-0.2, 0) is 6.54 Å². The number of aliphatic hydroxyl groups excluding tert-OH is 1. The van der Waals surface area contributed by atoms with Crippen molar-refractivity contribution in [2.24, 2.45) is 0 Å². The summed E-state index contributed by atoms with van der Waals surface area (Å²) in [7, 11) is 0. The second kappa shape index (κ2) is 9.45. The molecule has 0 aliphatic heterocycles. The molecule has 0 amide bonds. The molecule has 2 rings (SSSR count). The van der Waals surface area contributed by atoms with Gasteiger partial charge in [-0.2, -0.15) is 0 Å². The molecule has 0 heterocycles. The summed E-state index contributed by atoms with van der Waals surface area (Å²) in [6.45, 7) is 8.95. The molecule has 2 aromatic carbocycles. The highest BCUT2D eigenvalue weighted by molar-refractivity contribution is 5.28. The van der Waals surface area contributed by atoms with Crippen molar-refractivity contribution < 1.29 is 9.84 Å². The number of aliphatic hydroxyl groups is 1. The molecule has 0 bridgehead atoms. The lowest BCUT2D eigenvalue weighted by Crippen LogP contribution is -2.25. The van der Waals surface area contributed by atoms with Crippen LogP contribution in [0.15, 0.2) is 54.6 Å². The monoisotopic (exact) mass is 327 g/mol. The van der Waals surface area contributed by atoms with Crippen molar-refractivity contribution in [3.05, 3.63) is 65.7 Å². The van der Waals surface area contributed by atoms with Gasteiger partial charge in [-0.3, -0.25) is 4.90 Å². The van der Waals surface area contributed by atoms with Gasteiger partial charge in [-0.05, 0) is 50.1 Å². The van der Waals surface area contributed by atoms with Gasteiger partial charge < -0.3 is 9.84 Å². The van der Waals surface area contributed by atoms with Crippen LogP contribution in [0, 0.1) is 0 Å². The highest BCUT2D eigenvalue weighted by Gasteiger charge is 2.11. The SMILES string of the molecule is CCN(CCC(O)c1ccc(OC(C)C)cc1)Cc1ccccc1. The van der Waals surface area contributed by atoms with Gasteiger partial charge in [0.15, 0.2) is 0 Å². The second-order valence-electron chi connectivity index (χ2n) is 6.39. The van der Waals surface area contributed by atoms with E-state index in [1.807, 2.05) is 44.2 Å². The van der Waals surface area contributed by atoms with Gasteiger partial charge in [-0.1, -0.05) is 49.4 Å². The number of ether oxygens (including phenoxy) is 1. The lowest BCUT2D eigenvalue weighted by molar-refractivity contribution is 0.141. The smallest absolute Gasteiger partial charge is 0.119 e. The molecular weight excluding hydrogens is 298 g/mol. The van der Waals surface area contributed by atoms with Crippen LogP contribution < -0.4 is 4.74 Å². The van der Waals surface area contributed by atoms with E-state index in [-0.39, 0.29) is 6.10 Å². The summed E-state index contributed by atoms with van der Waals surface area (Å²) < 4.78 is 5.64. The first-order valence-electron chi connectivity index (χ1n) is 8.79. The largest absolute Gasteiger partial charge is 0.491 e. The standard InChI is InChI=1S/C21H29NO2/c1-4-22(16-18-8-6-5-7-9-18)15-14-21(23)19-10-12-20(13-11-19)24-17(2)3/h5-13,17,21,23H,4,14-16H2,1-3H3. The molecule has 0 aliphatic carbocycles. The molecule has 1 N–H and O–H groups in total. The Kier molecular flexibility index (Phi) is 7.29. The van der Waals surface area contributed by atoms with E-state index in [9.17, 15) is 5.11 Å². The summed E-state index contributed by atoms with van der Waals surface area (Å²) >= 11 is 0. The van der Waals surface area contributed by atoms with E-state index in [1.54, 1.807) is 0 Å². The number of rotatable bonds is 9. The van der Waals surface area contributed by atoms with Crippen LogP contribution in [0.5, 0.6) is 5.75 Å². The van der Waals surface area contributed by atoms with E-state index >= 15 is 0 Å². The highest BCUT2D eigenvalue weighted by Crippen LogP contribution is 2.21. The van der Waals surface area contributed by atoms with Crippen molar-refractivity contribution in [2.45, 2.75) is 45.9 Å². The van der Waals surface area contributed by atoms with Crippen molar-refractivity contribution in [1.29, 1.82) is 0 Å². The maximum atomic E-state index is 10.4. The van der Waals surface area contributed by atoms with Crippen LogP contribution in [0.3, 0.4) is 0 Å². The lowest BCUT2D eigenvalue weighted by atomic mass is 10.1. The molecule has 0 radical (unpaired) electrons. The van der Waals surface area contributed by atoms with Crippen LogP contribution in [0.4, 0.5) is 0 Å². The summed E-state index contributed by atoms with van der Waals surface area (Å²) in [5.74, 6) is 0.847. The fraction of sp³-hybridized carbons (Fsp3) is 0.429. The number of nitrogens with zero attached hydrogens (tertiary/aromatic N) is 1. The van der Waals surface area contributed by atoms with Gasteiger partial charge in [0.2, 0.25) is 0 Å². The maximum absolute atomic E-state index is 10.4. The van der Waals surface area contributed by atoms with E-state index in [4.69, 9.17) is 4.74 Å². The molecule has 1 atom stereocenters. The first-order valence-corrected chi connectivity index (χ1v) is 8.79. The molecule has 24 heavy (non-hydrogen) atoms. The third-order valence-corrected chi connectivity index (χ3v) is 4.05. The number of hydrogen-bond donors (Lipinski definition) is 1. The van der Waals surface area contributed by atoms with E-state index in [2.05, 4.69) is 36.1 Å². The van der Waals surface area contributed by atoms with Crippen molar-refractivity contribution in [3.8, 4) is 5.75 Å². The minimum atomic E-state index is -0.442. The van der Waals surface area contributed by atoms with Gasteiger partial charge in [0.1, 0.15) is 5.75 Å². The Morgan fingerprint density at radius 1 is 1.00 bits per heavy atom. The third kappa shape index (κ3) is 5.99. The minimum Gasteiger partial charge on any atom is -0.491 e. The fourth-order valence-corrected chi connectivity index (χ4v) is 2.70. The highest BCUT2D eigenvalue weighted by atomic mass is 16.5. The maximum Gasteiger partial charge on any atom is 0.119 e. The average Bonchev–Trinajstić information content (AvgIpc) is 2.59. The van der Waals surface area contributed by atoms with Gasteiger partial charge >= 0.3 is 0 Å². The summed E-state index contributed by atoms with van der Waals surface area (Å²) in [4.78, 5) is 2.36. The van der Waals surface area contributed by atoms with Gasteiger partial charge in [0.25, 0.3) is 0 Å². The average molecular weight is 327 g/mol. The van der Waals surface area contributed by atoms with Crippen molar-refractivity contribution in [2.75, 3.05) is 13.1 Å². The molecule has 1 unspecified atom stereocenters. The Labute approximate surface area is 145 Å². The minimum absolute atomic E-state index is 0.164. The molecule has 2 aromatic rings. The van der Waals surface area contributed by atoms with Crippen molar-refractivity contribution in [3.63, 3.8) is 0 Å². The molecular formula is C21H29NO2. The molecule has 3 nitrogen and oxygen atoms in total. The zero-order valence-electron chi connectivity index (χ0n) is 15.0. The second-order valence-corrected chi connectivity index (χ2v) is 6.39. The summed E-state index contributed by atoms with van der Waals surface area (Å²) in [6.07, 6.45) is 0.449. The van der Waals surface area contributed by atoms with Crippen LogP contribution in [0.25, 0.3) is 0 Å². The third-order valence-electron chi connectivity index (χ3n) is 4.05. The Morgan fingerprint density at radius 3 is 2.25 bits per heavy atom. The van der Waals surface area contributed by atoms with Crippen LogP contribution in [-0.4, -0.2) is 29.2 Å². The zero-order chi connectivity index (χ0) is 17.4. The Hall–Kier alpha value is -1.84. The molecule has 130 valence electrons. The van der Waals surface area contributed by atoms with E-state index in [0.29, 0.717) is 0 Å². The first-order chi connectivity index (χ1) is 11.6. The molecule has 0 aromatic heterocycles. The summed E-state index contributed by atoms with van der Waals surface area (Å²) in [6, 6.07) is 18.2. The predicted octanol–water partition coefficient (Wildman–Crippen LogP) is 4.42. The predicted molar refractivity (Wildman–Crippen MR) is 99.2 cm³/mol. The van der Waals surface area contributed by atoms with Crippen LogP contribution >= 0.6 is 0 Å². The summed E-state index contributed by atoms with van der Waals surface area (Å²) in [5, 5.41) is 10.4. The zero-order valence-corrected chi connectivity index (χ0v) is 15.0. The number of hydrogen-bond acceptors (Lipinski definition) is 3. The molecule has 0 saturated heterocycles. The van der Waals surface area contributed by atoms with Crippen molar-refractivity contribution in [1.82, 2.24) is 4.90 Å². The Bertz CT molecular complexity index is 581. The lowest BCUT2D eigenvalue weighted by Gasteiger charge is -2.22.